The monoisotopic (exact) mass is 242 g/mol. The summed E-state index contributed by atoms with van der Waals surface area (Å²) >= 11 is 0. The lowest BCUT2D eigenvalue weighted by atomic mass is 9.91. The zero-order valence-electron chi connectivity index (χ0n) is 11.3. The Labute approximate surface area is 109 Å². The van der Waals surface area contributed by atoms with Crippen molar-refractivity contribution in [1.82, 2.24) is 10.3 Å². The third-order valence-electron chi connectivity index (χ3n) is 4.24. The normalized spacial score (nSPS) is 20.4. The average molecular weight is 242 g/mol. The van der Waals surface area contributed by atoms with E-state index in [1.54, 1.807) is 0 Å². The Morgan fingerprint density at radius 3 is 2.83 bits per heavy atom. The third-order valence-corrected chi connectivity index (χ3v) is 4.24. The van der Waals surface area contributed by atoms with Crippen LogP contribution < -0.4 is 5.32 Å². The fourth-order valence-corrected chi connectivity index (χ4v) is 3.21. The van der Waals surface area contributed by atoms with E-state index in [1.807, 2.05) is 0 Å². The highest BCUT2D eigenvalue weighted by atomic mass is 14.9. The van der Waals surface area contributed by atoms with Gasteiger partial charge in [0.15, 0.2) is 0 Å². The molecule has 96 valence electrons. The Bertz CT molecular complexity index is 547. The first-order valence-electron chi connectivity index (χ1n) is 7.02. The molecule has 2 heterocycles. The summed E-state index contributed by atoms with van der Waals surface area (Å²) in [6, 6.07) is 4.45. The number of rotatable bonds is 2. The van der Waals surface area contributed by atoms with Gasteiger partial charge >= 0.3 is 0 Å². The summed E-state index contributed by atoms with van der Waals surface area (Å²) in [4.78, 5) is 3.47. The van der Waals surface area contributed by atoms with Crippen molar-refractivity contribution in [3.63, 3.8) is 0 Å². The van der Waals surface area contributed by atoms with E-state index in [9.17, 15) is 0 Å². The molecule has 1 aromatic carbocycles. The molecule has 1 saturated heterocycles. The van der Waals surface area contributed by atoms with Gasteiger partial charge in [-0.1, -0.05) is 12.1 Å². The maximum absolute atomic E-state index is 3.51. The van der Waals surface area contributed by atoms with E-state index >= 15 is 0 Å². The molecule has 1 aliphatic rings. The number of hydrogen-bond donors (Lipinski definition) is 2. The number of fused-ring (bicyclic) bond motifs is 1. The maximum Gasteiger partial charge on any atom is 0.0489 e. The minimum Gasteiger partial charge on any atom is -0.361 e. The van der Waals surface area contributed by atoms with Gasteiger partial charge in [0.05, 0.1) is 0 Å². The van der Waals surface area contributed by atoms with E-state index in [0.717, 1.165) is 5.92 Å². The van der Waals surface area contributed by atoms with Gasteiger partial charge in [0.25, 0.3) is 0 Å². The Hall–Kier alpha value is -1.28. The molecule has 0 radical (unpaired) electrons. The van der Waals surface area contributed by atoms with Gasteiger partial charge in [-0.25, -0.2) is 0 Å². The molecule has 0 spiro atoms. The van der Waals surface area contributed by atoms with Crippen LogP contribution in [0.25, 0.3) is 10.9 Å². The average Bonchev–Trinajstić information content (AvgIpc) is 2.80. The van der Waals surface area contributed by atoms with Crippen LogP contribution in [0.4, 0.5) is 0 Å². The van der Waals surface area contributed by atoms with Crippen molar-refractivity contribution in [2.75, 3.05) is 13.1 Å². The molecule has 0 aliphatic carbocycles. The van der Waals surface area contributed by atoms with E-state index in [1.165, 1.54) is 59.9 Å². The van der Waals surface area contributed by atoms with Gasteiger partial charge in [-0.2, -0.15) is 0 Å². The van der Waals surface area contributed by atoms with Crippen LogP contribution in [0.2, 0.25) is 0 Å². The van der Waals surface area contributed by atoms with Crippen LogP contribution in [0.5, 0.6) is 0 Å². The number of aryl methyl sites for hydroxylation is 2. The largest absolute Gasteiger partial charge is 0.361 e. The second-order valence-corrected chi connectivity index (χ2v) is 5.68. The molecule has 2 heteroatoms. The standard InChI is InChI=1S/C16H22N2/c1-11-5-6-12(2)16-15(11)14(10-18-16)8-13-4-3-7-17-9-13/h5-6,10,13,17-18H,3-4,7-9H2,1-2H3. The van der Waals surface area contributed by atoms with Crippen LogP contribution in [-0.2, 0) is 6.42 Å². The van der Waals surface area contributed by atoms with Gasteiger partial charge < -0.3 is 10.3 Å². The smallest absolute Gasteiger partial charge is 0.0489 e. The topological polar surface area (TPSA) is 27.8 Å². The van der Waals surface area contributed by atoms with Crippen LogP contribution in [-0.4, -0.2) is 18.1 Å². The predicted octanol–water partition coefficient (Wildman–Crippen LogP) is 3.33. The molecular formula is C16H22N2. The summed E-state index contributed by atoms with van der Waals surface area (Å²) in [6.45, 7) is 6.78. The van der Waals surface area contributed by atoms with Crippen molar-refractivity contribution in [2.24, 2.45) is 5.92 Å². The first-order chi connectivity index (χ1) is 8.75. The lowest BCUT2D eigenvalue weighted by Gasteiger charge is -2.22. The summed E-state index contributed by atoms with van der Waals surface area (Å²) in [5, 5.41) is 4.97. The van der Waals surface area contributed by atoms with E-state index in [4.69, 9.17) is 0 Å². The second-order valence-electron chi connectivity index (χ2n) is 5.68. The van der Waals surface area contributed by atoms with Gasteiger partial charge in [0, 0.05) is 17.1 Å². The molecule has 2 nitrogen and oxygen atoms in total. The first-order valence-corrected chi connectivity index (χ1v) is 7.02. The summed E-state index contributed by atoms with van der Waals surface area (Å²) in [7, 11) is 0. The minimum atomic E-state index is 0.803. The van der Waals surface area contributed by atoms with E-state index < -0.39 is 0 Å². The molecule has 2 N–H and O–H groups in total. The maximum atomic E-state index is 3.51. The molecule has 1 aromatic heterocycles. The minimum absolute atomic E-state index is 0.803. The molecule has 1 atom stereocenters. The van der Waals surface area contributed by atoms with Gasteiger partial charge in [-0.3, -0.25) is 0 Å². The van der Waals surface area contributed by atoms with E-state index in [-0.39, 0.29) is 0 Å². The first kappa shape index (κ1) is 11.8. The van der Waals surface area contributed by atoms with Gasteiger partial charge in [0.1, 0.15) is 0 Å². The second kappa shape index (κ2) is 4.77. The molecule has 3 rings (SSSR count). The highest BCUT2D eigenvalue weighted by Crippen LogP contribution is 2.28. The van der Waals surface area contributed by atoms with Crippen molar-refractivity contribution in [1.29, 1.82) is 0 Å². The van der Waals surface area contributed by atoms with Crippen LogP contribution >= 0.6 is 0 Å². The van der Waals surface area contributed by atoms with Crippen LogP contribution in [0, 0.1) is 19.8 Å². The van der Waals surface area contributed by atoms with E-state index in [2.05, 4.69) is 42.5 Å². The Kier molecular flexibility index (Phi) is 3.13. The predicted molar refractivity (Wildman–Crippen MR) is 77.1 cm³/mol. The van der Waals surface area contributed by atoms with Gasteiger partial charge in [-0.05, 0) is 68.8 Å². The number of nitrogens with one attached hydrogen (secondary N) is 2. The molecule has 1 aliphatic heterocycles. The summed E-state index contributed by atoms with van der Waals surface area (Å²) in [6.07, 6.45) is 6.12. The van der Waals surface area contributed by atoms with Crippen molar-refractivity contribution in [2.45, 2.75) is 33.1 Å². The summed E-state index contributed by atoms with van der Waals surface area (Å²) in [5.41, 5.74) is 5.58. The molecule has 0 bridgehead atoms. The summed E-state index contributed by atoms with van der Waals surface area (Å²) < 4.78 is 0. The van der Waals surface area contributed by atoms with E-state index in [0.29, 0.717) is 0 Å². The van der Waals surface area contributed by atoms with Crippen molar-refractivity contribution < 1.29 is 0 Å². The fraction of sp³-hybridized carbons (Fsp3) is 0.500. The lowest BCUT2D eigenvalue weighted by Crippen LogP contribution is -2.30. The Balaban J connectivity index is 1.94. The van der Waals surface area contributed by atoms with Crippen molar-refractivity contribution in [3.8, 4) is 0 Å². The molecule has 0 saturated carbocycles. The molecule has 18 heavy (non-hydrogen) atoms. The lowest BCUT2D eigenvalue weighted by molar-refractivity contribution is 0.377. The number of benzene rings is 1. The highest BCUT2D eigenvalue weighted by molar-refractivity contribution is 5.88. The van der Waals surface area contributed by atoms with Crippen LogP contribution in [0.1, 0.15) is 29.5 Å². The summed E-state index contributed by atoms with van der Waals surface area (Å²) in [5.74, 6) is 0.803. The zero-order chi connectivity index (χ0) is 12.5. The number of H-pyrrole nitrogens is 1. The van der Waals surface area contributed by atoms with Gasteiger partial charge in [-0.15, -0.1) is 0 Å². The van der Waals surface area contributed by atoms with Crippen LogP contribution in [0.15, 0.2) is 18.3 Å². The molecule has 2 aromatic rings. The number of piperidine rings is 1. The molecular weight excluding hydrogens is 220 g/mol. The van der Waals surface area contributed by atoms with Crippen molar-refractivity contribution >= 4 is 10.9 Å². The number of aromatic amines is 1. The zero-order valence-corrected chi connectivity index (χ0v) is 11.3. The molecule has 1 fully saturated rings. The highest BCUT2D eigenvalue weighted by Gasteiger charge is 2.16. The van der Waals surface area contributed by atoms with Crippen LogP contribution in [0.3, 0.4) is 0 Å². The quantitative estimate of drug-likeness (QED) is 0.830. The molecule has 0 amide bonds. The Morgan fingerprint density at radius 2 is 2.06 bits per heavy atom. The third kappa shape index (κ3) is 2.05. The SMILES string of the molecule is Cc1ccc(C)c2c(CC3CCCNC3)c[nH]c12. The van der Waals surface area contributed by atoms with Crippen molar-refractivity contribution in [3.05, 3.63) is 35.0 Å². The Morgan fingerprint density at radius 1 is 1.22 bits per heavy atom. The van der Waals surface area contributed by atoms with Gasteiger partial charge in [0.2, 0.25) is 0 Å². The number of aromatic nitrogens is 1. The molecule has 1 unspecified atom stereocenters. The number of hydrogen-bond acceptors (Lipinski definition) is 1. The fourth-order valence-electron chi connectivity index (χ4n) is 3.21.